The van der Waals surface area contributed by atoms with Crippen molar-refractivity contribution in [1.29, 1.82) is 0 Å². The van der Waals surface area contributed by atoms with Gasteiger partial charge in [0.2, 0.25) is 0 Å². The van der Waals surface area contributed by atoms with Gasteiger partial charge in [0.05, 0.1) is 18.8 Å². The second-order valence-electron chi connectivity index (χ2n) is 12.1. The van der Waals surface area contributed by atoms with Crippen LogP contribution in [0.2, 0.25) is 0 Å². The summed E-state index contributed by atoms with van der Waals surface area (Å²) in [7, 11) is 0. The molecule has 10 unspecified atom stereocenters. The molecule has 0 saturated carbocycles. The number of ether oxygens (including phenoxy) is 4. The molecule has 0 aromatic heterocycles. The quantitative estimate of drug-likeness (QED) is 0.381. The number of aliphatic hydroxyl groups excluding tert-OH is 1. The van der Waals surface area contributed by atoms with E-state index in [0.29, 0.717) is 35.8 Å². The predicted octanol–water partition coefficient (Wildman–Crippen LogP) is 4.53. The molecule has 210 valence electrons. The van der Waals surface area contributed by atoms with Crippen LogP contribution in [-0.2, 0) is 23.7 Å². The summed E-state index contributed by atoms with van der Waals surface area (Å²) in [4.78, 5) is 13.8. The smallest absolute Gasteiger partial charge is 0.316 e. The zero-order valence-electron chi connectivity index (χ0n) is 23.2. The molecule has 5 aliphatic rings. The van der Waals surface area contributed by atoms with Crippen molar-refractivity contribution in [3.8, 4) is 0 Å². The van der Waals surface area contributed by atoms with Crippen molar-refractivity contribution in [2.75, 3.05) is 6.61 Å². The third-order valence-electron chi connectivity index (χ3n) is 9.20. The van der Waals surface area contributed by atoms with E-state index >= 15 is 0 Å². The monoisotopic (exact) mass is 528 g/mol. The van der Waals surface area contributed by atoms with E-state index in [1.807, 2.05) is 12.2 Å². The molecule has 0 aromatic carbocycles. The Balaban J connectivity index is 1.49. The highest BCUT2D eigenvalue weighted by Gasteiger charge is 2.60. The van der Waals surface area contributed by atoms with Gasteiger partial charge in [0.15, 0.2) is 5.79 Å². The van der Waals surface area contributed by atoms with E-state index in [-0.39, 0.29) is 18.8 Å². The van der Waals surface area contributed by atoms with Gasteiger partial charge in [-0.05, 0) is 55.6 Å². The van der Waals surface area contributed by atoms with E-state index in [0.717, 1.165) is 32.1 Å². The van der Waals surface area contributed by atoms with Gasteiger partial charge in [0.1, 0.15) is 29.8 Å². The number of fused-ring (bicyclic) bond motifs is 2. The Hall–Kier alpha value is -1.77. The molecule has 3 saturated heterocycles. The third kappa shape index (κ3) is 5.20. The third-order valence-corrected chi connectivity index (χ3v) is 9.20. The molecule has 4 heterocycles. The van der Waals surface area contributed by atoms with E-state index in [2.05, 4.69) is 39.0 Å². The lowest BCUT2D eigenvalue weighted by molar-refractivity contribution is -0.335. The molecule has 10 atom stereocenters. The Morgan fingerprint density at radius 3 is 2.71 bits per heavy atom. The SMILES string of the molecule is CCC1OC2(CCC1C)CC1CC(CC=CCC(C)C=CC=C3COC4C(O)C(C)=CC(C(=O)O1)C34O)O2. The van der Waals surface area contributed by atoms with Crippen LogP contribution in [0.1, 0.15) is 72.6 Å². The lowest BCUT2D eigenvalue weighted by Gasteiger charge is -2.49. The number of rotatable bonds is 1. The van der Waals surface area contributed by atoms with Crippen molar-refractivity contribution in [2.45, 2.75) is 115 Å². The van der Waals surface area contributed by atoms with Crippen LogP contribution < -0.4 is 0 Å². The number of aliphatic hydroxyl groups is 2. The summed E-state index contributed by atoms with van der Waals surface area (Å²) in [6.45, 7) is 8.41. The molecule has 38 heavy (non-hydrogen) atoms. The van der Waals surface area contributed by atoms with Gasteiger partial charge in [-0.3, -0.25) is 4.79 Å². The molecule has 0 radical (unpaired) electrons. The van der Waals surface area contributed by atoms with Crippen LogP contribution in [0.4, 0.5) is 0 Å². The van der Waals surface area contributed by atoms with Gasteiger partial charge < -0.3 is 29.2 Å². The van der Waals surface area contributed by atoms with Gasteiger partial charge in [-0.15, -0.1) is 0 Å². The van der Waals surface area contributed by atoms with Crippen LogP contribution >= 0.6 is 0 Å². The van der Waals surface area contributed by atoms with E-state index in [9.17, 15) is 15.0 Å². The van der Waals surface area contributed by atoms with Crippen LogP contribution in [-0.4, -0.2) is 64.7 Å². The Labute approximate surface area is 226 Å². The second-order valence-corrected chi connectivity index (χ2v) is 12.1. The fourth-order valence-electron chi connectivity index (χ4n) is 6.87. The second kappa shape index (κ2) is 11.0. The average Bonchev–Trinajstić information content (AvgIpc) is 3.22. The molecule has 0 amide bonds. The maximum atomic E-state index is 13.8. The topological polar surface area (TPSA) is 94.5 Å². The minimum atomic E-state index is -1.67. The molecule has 7 heteroatoms. The van der Waals surface area contributed by atoms with Crippen LogP contribution in [0.3, 0.4) is 0 Å². The molecule has 4 aliphatic heterocycles. The molecule has 1 aliphatic carbocycles. The highest BCUT2D eigenvalue weighted by atomic mass is 16.7. The van der Waals surface area contributed by atoms with Crippen LogP contribution in [0.5, 0.6) is 0 Å². The molecule has 3 fully saturated rings. The van der Waals surface area contributed by atoms with Gasteiger partial charge in [0, 0.05) is 19.3 Å². The van der Waals surface area contributed by atoms with E-state index in [4.69, 9.17) is 18.9 Å². The predicted molar refractivity (Wildman–Crippen MR) is 143 cm³/mol. The summed E-state index contributed by atoms with van der Waals surface area (Å²) >= 11 is 0. The number of carbonyl (C=O) groups is 1. The summed E-state index contributed by atoms with van der Waals surface area (Å²) in [5.74, 6) is -1.50. The Morgan fingerprint density at radius 2 is 1.92 bits per heavy atom. The lowest BCUT2D eigenvalue weighted by atomic mass is 9.71. The Morgan fingerprint density at radius 1 is 1.13 bits per heavy atom. The van der Waals surface area contributed by atoms with Gasteiger partial charge in [-0.25, -0.2) is 0 Å². The van der Waals surface area contributed by atoms with Gasteiger partial charge in [-0.1, -0.05) is 57.2 Å². The number of carbonyl (C=O) groups excluding carboxylic acids is 1. The molecular formula is C31H44O7. The van der Waals surface area contributed by atoms with Crippen molar-refractivity contribution in [1.82, 2.24) is 0 Å². The summed E-state index contributed by atoms with van der Waals surface area (Å²) in [5.41, 5.74) is -0.495. The van der Waals surface area contributed by atoms with E-state index in [1.165, 1.54) is 0 Å². The minimum Gasteiger partial charge on any atom is -0.462 e. The minimum absolute atomic E-state index is 0.107. The van der Waals surface area contributed by atoms with E-state index in [1.54, 1.807) is 13.0 Å². The first kappa shape index (κ1) is 27.8. The first-order valence-corrected chi connectivity index (χ1v) is 14.4. The van der Waals surface area contributed by atoms with Crippen LogP contribution in [0, 0.1) is 17.8 Å². The number of hydrogen-bond acceptors (Lipinski definition) is 7. The van der Waals surface area contributed by atoms with Crippen molar-refractivity contribution in [3.63, 3.8) is 0 Å². The van der Waals surface area contributed by atoms with Crippen molar-refractivity contribution >= 4 is 5.97 Å². The van der Waals surface area contributed by atoms with Crippen molar-refractivity contribution < 1.29 is 34.0 Å². The van der Waals surface area contributed by atoms with Gasteiger partial charge >= 0.3 is 5.97 Å². The summed E-state index contributed by atoms with van der Waals surface area (Å²) < 4.78 is 25.3. The van der Waals surface area contributed by atoms with Gasteiger partial charge in [-0.2, -0.15) is 0 Å². The van der Waals surface area contributed by atoms with E-state index < -0.39 is 41.6 Å². The first-order valence-electron chi connectivity index (χ1n) is 14.4. The fourth-order valence-corrected chi connectivity index (χ4v) is 6.87. The molecule has 0 aromatic rings. The highest BCUT2D eigenvalue weighted by Crippen LogP contribution is 2.47. The number of hydrogen-bond donors (Lipinski definition) is 2. The Kier molecular flexibility index (Phi) is 8.05. The zero-order chi connectivity index (χ0) is 27.1. The summed E-state index contributed by atoms with van der Waals surface area (Å²) in [6.07, 6.45) is 14.8. The van der Waals surface area contributed by atoms with Crippen LogP contribution in [0.25, 0.3) is 0 Å². The standard InChI is InChI=1S/C31H44O7/c1-5-26-20(3)13-14-30(38-26)17-24-16-23(37-30)12-7-6-9-19(2)10-8-11-22-18-35-28-27(32)21(4)15-25(29(33)36-24)31(22,28)34/h6-8,10-11,15,19-20,23-28,32,34H,5,9,12-14,16-18H2,1-4H3. The molecular weight excluding hydrogens is 484 g/mol. The maximum Gasteiger partial charge on any atom is 0.316 e. The van der Waals surface area contributed by atoms with Gasteiger partial charge in [0.25, 0.3) is 0 Å². The first-order chi connectivity index (χ1) is 18.1. The normalized spacial score (nSPS) is 45.8. The number of esters is 1. The molecule has 2 N–H and O–H groups in total. The summed E-state index contributed by atoms with van der Waals surface area (Å²) in [6, 6.07) is 0. The van der Waals surface area contributed by atoms with Crippen LogP contribution in [0.15, 0.2) is 47.6 Å². The average molecular weight is 529 g/mol. The fraction of sp³-hybridized carbons (Fsp3) is 0.710. The molecule has 2 bridgehead atoms. The largest absolute Gasteiger partial charge is 0.462 e. The van der Waals surface area contributed by atoms with Crippen molar-refractivity contribution in [3.05, 3.63) is 47.6 Å². The number of allylic oxidation sites excluding steroid dienone is 4. The summed E-state index contributed by atoms with van der Waals surface area (Å²) in [5, 5.41) is 22.8. The lowest BCUT2D eigenvalue weighted by Crippen LogP contribution is -2.58. The molecule has 1 spiro atoms. The maximum absolute atomic E-state index is 13.8. The Bertz CT molecular complexity index is 1010. The zero-order valence-corrected chi connectivity index (χ0v) is 23.2. The molecule has 7 nitrogen and oxygen atoms in total. The van der Waals surface area contributed by atoms with Crippen molar-refractivity contribution in [2.24, 2.45) is 17.8 Å². The highest BCUT2D eigenvalue weighted by molar-refractivity contribution is 5.78. The molecule has 5 rings (SSSR count).